The molecular formula is C33H36F6N2O6S. The largest absolute Gasteiger partial charge is 0.460 e. The number of benzene rings is 3. The van der Waals surface area contributed by atoms with E-state index in [1.54, 1.807) is 32.9 Å². The van der Waals surface area contributed by atoms with E-state index in [0.29, 0.717) is 24.7 Å². The number of nitrogens with zero attached hydrogens (tertiary/aromatic N) is 2. The monoisotopic (exact) mass is 702 g/mol. The summed E-state index contributed by atoms with van der Waals surface area (Å²) in [4.78, 5) is 13.3. The van der Waals surface area contributed by atoms with Crippen LogP contribution in [0.4, 0.5) is 37.7 Å². The minimum atomic E-state index is -4.78. The molecule has 3 aromatic rings. The van der Waals surface area contributed by atoms with Crippen LogP contribution in [0.2, 0.25) is 0 Å². The molecule has 0 fully saturated rings. The first-order valence-electron chi connectivity index (χ1n) is 15.0. The molecule has 1 atom stereocenters. The van der Waals surface area contributed by atoms with Crippen LogP contribution in [0.3, 0.4) is 0 Å². The topological polar surface area (TPSA) is 85.4 Å². The number of ether oxygens (including phenoxy) is 3. The van der Waals surface area contributed by atoms with Gasteiger partial charge in [-0.05, 0) is 87.7 Å². The molecule has 0 saturated carbocycles. The molecule has 0 aromatic heterocycles. The molecule has 0 spiro atoms. The molecule has 4 rings (SSSR count). The Bertz CT molecular complexity index is 1710. The van der Waals surface area contributed by atoms with E-state index in [4.69, 9.17) is 9.47 Å². The number of esters is 1. The Labute approximate surface area is 275 Å². The Hall–Kier alpha value is -3.98. The summed E-state index contributed by atoms with van der Waals surface area (Å²) in [6.07, 6.45) is -4.56. The number of alkyl halides is 5. The SMILES string of the molecule is CC(CCN1CCN(S(=O)(=O)c2cccc(C(F)(F)F)c2)c2cc(-c3cc(F)cc(OC(F)F)c3)ccc21)OCCC(=O)OC(C)(C)C. The van der Waals surface area contributed by atoms with Crippen LogP contribution in [0.25, 0.3) is 11.1 Å². The van der Waals surface area contributed by atoms with Crippen LogP contribution in [-0.4, -0.2) is 58.9 Å². The van der Waals surface area contributed by atoms with Gasteiger partial charge < -0.3 is 19.1 Å². The fraction of sp³-hybridized carbons (Fsp3) is 0.424. The van der Waals surface area contributed by atoms with E-state index in [1.807, 2.05) is 11.8 Å². The van der Waals surface area contributed by atoms with Crippen LogP contribution in [0, 0.1) is 5.82 Å². The lowest BCUT2D eigenvalue weighted by atomic mass is 10.0. The second kappa shape index (κ2) is 14.6. The van der Waals surface area contributed by atoms with Gasteiger partial charge in [0.25, 0.3) is 10.0 Å². The third-order valence-electron chi connectivity index (χ3n) is 7.27. The lowest BCUT2D eigenvalue weighted by Crippen LogP contribution is -2.44. The summed E-state index contributed by atoms with van der Waals surface area (Å²) < 4.78 is 125. The minimum Gasteiger partial charge on any atom is -0.460 e. The molecule has 0 saturated heterocycles. The first-order valence-corrected chi connectivity index (χ1v) is 16.5. The van der Waals surface area contributed by atoms with Gasteiger partial charge in [0.2, 0.25) is 0 Å². The summed E-state index contributed by atoms with van der Waals surface area (Å²) in [6, 6.07) is 10.9. The molecule has 0 bridgehead atoms. The van der Waals surface area contributed by atoms with Crippen LogP contribution < -0.4 is 13.9 Å². The fourth-order valence-electron chi connectivity index (χ4n) is 5.12. The van der Waals surface area contributed by atoms with Crippen molar-refractivity contribution in [3.63, 3.8) is 0 Å². The smallest absolute Gasteiger partial charge is 0.416 e. The summed E-state index contributed by atoms with van der Waals surface area (Å²) in [5.41, 5.74) is -0.893. The van der Waals surface area contributed by atoms with Crippen molar-refractivity contribution in [1.82, 2.24) is 0 Å². The zero-order valence-electron chi connectivity index (χ0n) is 26.7. The third kappa shape index (κ3) is 9.56. The van der Waals surface area contributed by atoms with Gasteiger partial charge in [0.15, 0.2) is 0 Å². The van der Waals surface area contributed by atoms with E-state index < -0.39 is 56.4 Å². The molecule has 262 valence electrons. The van der Waals surface area contributed by atoms with Gasteiger partial charge in [0.05, 0.1) is 47.5 Å². The van der Waals surface area contributed by atoms with Crippen molar-refractivity contribution in [3.8, 4) is 16.9 Å². The van der Waals surface area contributed by atoms with Gasteiger partial charge in [-0.2, -0.15) is 22.0 Å². The number of halogens is 6. The number of hydrogen-bond acceptors (Lipinski definition) is 7. The van der Waals surface area contributed by atoms with Crippen molar-refractivity contribution in [2.24, 2.45) is 0 Å². The van der Waals surface area contributed by atoms with E-state index in [-0.39, 0.29) is 49.0 Å². The molecule has 1 aliphatic rings. The number of carbonyl (C=O) groups is 1. The number of hydrogen-bond donors (Lipinski definition) is 0. The van der Waals surface area contributed by atoms with Gasteiger partial charge >= 0.3 is 18.8 Å². The number of anilines is 2. The standard InChI is InChI=1S/C33H36F6N2O6S/c1-21(45-15-11-30(42)47-32(2,3)4)10-12-40-13-14-41(48(43,44)27-7-5-6-24(19-27)33(37,38)39)29-18-22(8-9-28(29)40)23-16-25(34)20-26(17-23)46-31(35)36/h5-9,16-21,31H,10-15H2,1-4H3. The highest BCUT2D eigenvalue weighted by Crippen LogP contribution is 2.41. The first kappa shape index (κ1) is 36.8. The highest BCUT2D eigenvalue weighted by molar-refractivity contribution is 7.92. The van der Waals surface area contributed by atoms with Gasteiger partial charge in [-0.15, -0.1) is 0 Å². The Morgan fingerprint density at radius 1 is 0.938 bits per heavy atom. The number of carbonyl (C=O) groups excluding carboxylic acids is 1. The molecule has 8 nitrogen and oxygen atoms in total. The summed E-state index contributed by atoms with van der Waals surface area (Å²) in [6.45, 7) is 4.41. The number of fused-ring (bicyclic) bond motifs is 1. The van der Waals surface area contributed by atoms with Crippen molar-refractivity contribution in [1.29, 1.82) is 0 Å². The highest BCUT2D eigenvalue weighted by atomic mass is 32.2. The third-order valence-corrected chi connectivity index (χ3v) is 9.08. The Balaban J connectivity index is 1.64. The molecule has 1 unspecified atom stereocenters. The number of rotatable bonds is 12. The van der Waals surface area contributed by atoms with E-state index in [9.17, 15) is 39.6 Å². The van der Waals surface area contributed by atoms with Crippen LogP contribution >= 0.6 is 0 Å². The maximum Gasteiger partial charge on any atom is 0.416 e. The van der Waals surface area contributed by atoms with Crippen LogP contribution in [0.5, 0.6) is 5.75 Å². The molecule has 0 N–H and O–H groups in total. The lowest BCUT2D eigenvalue weighted by molar-refractivity contribution is -0.156. The van der Waals surface area contributed by atoms with Crippen LogP contribution in [0.15, 0.2) is 65.6 Å². The molecule has 0 radical (unpaired) electrons. The van der Waals surface area contributed by atoms with E-state index >= 15 is 0 Å². The maximum absolute atomic E-state index is 14.4. The molecule has 0 amide bonds. The second-order valence-electron chi connectivity index (χ2n) is 12.2. The summed E-state index contributed by atoms with van der Waals surface area (Å²) in [5, 5.41) is 0. The van der Waals surface area contributed by atoms with Crippen molar-refractivity contribution in [2.45, 2.75) is 69.9 Å². The lowest BCUT2D eigenvalue weighted by Gasteiger charge is -2.39. The molecular weight excluding hydrogens is 666 g/mol. The van der Waals surface area contributed by atoms with E-state index in [0.717, 1.165) is 34.6 Å². The molecule has 0 aliphatic carbocycles. The molecule has 3 aromatic carbocycles. The van der Waals surface area contributed by atoms with Crippen molar-refractivity contribution in [3.05, 3.63) is 72.0 Å². The van der Waals surface area contributed by atoms with Gasteiger partial charge in [-0.3, -0.25) is 9.10 Å². The molecule has 48 heavy (non-hydrogen) atoms. The van der Waals surface area contributed by atoms with Crippen LogP contribution in [-0.2, 0) is 30.5 Å². The van der Waals surface area contributed by atoms with E-state index in [2.05, 4.69) is 4.74 Å². The Morgan fingerprint density at radius 3 is 2.33 bits per heavy atom. The second-order valence-corrected chi connectivity index (χ2v) is 14.0. The van der Waals surface area contributed by atoms with Gasteiger partial charge in [-0.1, -0.05) is 12.1 Å². The van der Waals surface area contributed by atoms with E-state index in [1.165, 1.54) is 12.1 Å². The van der Waals surface area contributed by atoms with Gasteiger partial charge in [-0.25, -0.2) is 12.8 Å². The average molecular weight is 703 g/mol. The maximum atomic E-state index is 14.4. The first-order chi connectivity index (χ1) is 22.3. The quantitative estimate of drug-likeness (QED) is 0.142. The fourth-order valence-corrected chi connectivity index (χ4v) is 6.63. The summed E-state index contributed by atoms with van der Waals surface area (Å²) in [7, 11) is -4.54. The van der Waals surface area contributed by atoms with Gasteiger partial charge in [0.1, 0.15) is 17.2 Å². The highest BCUT2D eigenvalue weighted by Gasteiger charge is 2.36. The van der Waals surface area contributed by atoms with Crippen LogP contribution in [0.1, 0.15) is 46.1 Å². The summed E-state index contributed by atoms with van der Waals surface area (Å²) in [5.74, 6) is -1.73. The molecule has 15 heteroatoms. The normalized spacial score (nSPS) is 14.6. The van der Waals surface area contributed by atoms with Crippen molar-refractivity contribution >= 4 is 27.4 Å². The van der Waals surface area contributed by atoms with Crippen molar-refractivity contribution < 1.29 is 53.8 Å². The Morgan fingerprint density at radius 2 is 1.67 bits per heavy atom. The minimum absolute atomic E-state index is 0.0590. The van der Waals surface area contributed by atoms with Gasteiger partial charge in [0, 0.05) is 19.2 Å². The Kier molecular flexibility index (Phi) is 11.2. The van der Waals surface area contributed by atoms with Crippen molar-refractivity contribution in [2.75, 3.05) is 35.4 Å². The average Bonchev–Trinajstić information content (AvgIpc) is 2.97. The predicted octanol–water partition coefficient (Wildman–Crippen LogP) is 7.66. The summed E-state index contributed by atoms with van der Waals surface area (Å²) >= 11 is 0. The zero-order valence-corrected chi connectivity index (χ0v) is 27.5. The zero-order chi connectivity index (χ0) is 35.4. The predicted molar refractivity (Wildman–Crippen MR) is 167 cm³/mol. The number of sulfonamides is 1. The molecule has 1 heterocycles. The molecule has 1 aliphatic heterocycles.